The van der Waals surface area contributed by atoms with Gasteiger partial charge in [0.25, 0.3) is 5.91 Å². The van der Waals surface area contributed by atoms with Crippen molar-refractivity contribution in [1.29, 1.82) is 5.41 Å². The Morgan fingerprint density at radius 1 is 1.42 bits per heavy atom. The van der Waals surface area contributed by atoms with E-state index in [0.29, 0.717) is 33.8 Å². The Labute approximate surface area is 153 Å². The van der Waals surface area contributed by atoms with Gasteiger partial charge in [-0.05, 0) is 38.0 Å². The topological polar surface area (TPSA) is 75.1 Å². The van der Waals surface area contributed by atoms with E-state index >= 15 is 0 Å². The van der Waals surface area contributed by atoms with Crippen LogP contribution in [0.5, 0.6) is 5.75 Å². The largest absolute Gasteiger partial charge is 0.433 e. The van der Waals surface area contributed by atoms with E-state index < -0.39 is 6.61 Å². The van der Waals surface area contributed by atoms with Crippen molar-refractivity contribution in [2.75, 3.05) is 0 Å². The second kappa shape index (κ2) is 7.37. The molecule has 0 saturated heterocycles. The van der Waals surface area contributed by atoms with Crippen LogP contribution in [0.25, 0.3) is 10.9 Å². The number of nitrogens with one attached hydrogen (secondary N) is 2. The third-order valence-electron chi connectivity index (χ3n) is 3.91. The van der Waals surface area contributed by atoms with Crippen LogP contribution in [0.1, 0.15) is 30.1 Å². The van der Waals surface area contributed by atoms with E-state index in [2.05, 4.69) is 15.0 Å². The predicted molar refractivity (Wildman–Crippen MR) is 95.1 cm³/mol. The number of amides is 1. The second-order valence-corrected chi connectivity index (χ2v) is 6.50. The van der Waals surface area contributed by atoms with Crippen LogP contribution in [-0.2, 0) is 0 Å². The number of hydrogen-bond donors (Lipinski definition) is 2. The Balaban J connectivity index is 1.79. The molecule has 0 unspecified atom stereocenters. The lowest BCUT2D eigenvalue weighted by atomic mass is 10.1. The highest BCUT2D eigenvalue weighted by Crippen LogP contribution is 2.31. The van der Waals surface area contributed by atoms with Crippen molar-refractivity contribution in [3.05, 3.63) is 46.8 Å². The smallest absolute Gasteiger partial charge is 0.387 e. The van der Waals surface area contributed by atoms with E-state index in [1.165, 1.54) is 18.3 Å². The van der Waals surface area contributed by atoms with Crippen molar-refractivity contribution in [2.45, 2.75) is 26.4 Å². The van der Waals surface area contributed by atoms with E-state index in [4.69, 9.17) is 17.0 Å². The zero-order valence-corrected chi connectivity index (χ0v) is 14.6. The van der Waals surface area contributed by atoms with Gasteiger partial charge < -0.3 is 15.5 Å². The SMILES string of the molecule is C/C(=C\C(=N)C1CC1)NC(=O)c1cnc2cc(OC(F)F)c(Cl)cc2c1. The molecule has 0 atom stereocenters. The molecule has 136 valence electrons. The molecule has 1 aliphatic carbocycles. The molecule has 3 rings (SSSR count). The number of pyridine rings is 1. The van der Waals surface area contributed by atoms with Gasteiger partial charge in [0, 0.05) is 35.0 Å². The standard InChI is InChI=1S/C18H16ClF2N3O2/c1-9(4-14(22)10-2-3-10)24-17(25)12-5-11-6-13(19)16(26-18(20)21)7-15(11)23-8-12/h4-8,10,18,22H,2-3H2,1H3,(H,24,25)/b9-4+,22-14?. The van der Waals surface area contributed by atoms with Gasteiger partial charge in [-0.25, -0.2) is 0 Å². The van der Waals surface area contributed by atoms with E-state index in [1.807, 2.05) is 0 Å². The lowest BCUT2D eigenvalue weighted by molar-refractivity contribution is -0.0497. The van der Waals surface area contributed by atoms with Crippen molar-refractivity contribution in [2.24, 2.45) is 5.92 Å². The molecule has 0 aliphatic heterocycles. The molecule has 1 aromatic heterocycles. The molecule has 1 fully saturated rings. The fourth-order valence-corrected chi connectivity index (χ4v) is 2.69. The molecule has 0 radical (unpaired) electrons. The minimum absolute atomic E-state index is 0.00566. The summed E-state index contributed by atoms with van der Waals surface area (Å²) < 4.78 is 29.1. The minimum atomic E-state index is -2.99. The van der Waals surface area contributed by atoms with Gasteiger partial charge in [0.2, 0.25) is 0 Å². The summed E-state index contributed by atoms with van der Waals surface area (Å²) in [5.74, 6) is -0.243. The Kier molecular flexibility index (Phi) is 5.18. The summed E-state index contributed by atoms with van der Waals surface area (Å²) >= 11 is 5.94. The number of aromatic nitrogens is 1. The van der Waals surface area contributed by atoms with Gasteiger partial charge in [0.05, 0.1) is 16.1 Å². The number of nitrogens with zero attached hydrogens (tertiary/aromatic N) is 1. The van der Waals surface area contributed by atoms with Crippen molar-refractivity contribution in [3.63, 3.8) is 0 Å². The van der Waals surface area contributed by atoms with Crippen LogP contribution in [0.2, 0.25) is 5.02 Å². The number of alkyl halides is 2. The Morgan fingerprint density at radius 3 is 2.81 bits per heavy atom. The maximum atomic E-state index is 12.4. The highest BCUT2D eigenvalue weighted by Gasteiger charge is 2.25. The van der Waals surface area contributed by atoms with Crippen LogP contribution in [0.3, 0.4) is 0 Å². The van der Waals surface area contributed by atoms with Crippen LogP contribution in [0.4, 0.5) is 8.78 Å². The van der Waals surface area contributed by atoms with E-state index in [1.54, 1.807) is 19.1 Å². The van der Waals surface area contributed by atoms with E-state index in [0.717, 1.165) is 12.8 Å². The molecule has 5 nitrogen and oxygen atoms in total. The lowest BCUT2D eigenvalue weighted by Crippen LogP contribution is -2.22. The Hall–Kier alpha value is -2.54. The molecule has 26 heavy (non-hydrogen) atoms. The summed E-state index contributed by atoms with van der Waals surface area (Å²) in [6.45, 7) is -1.27. The van der Waals surface area contributed by atoms with E-state index in [9.17, 15) is 13.6 Å². The van der Waals surface area contributed by atoms with Gasteiger partial charge in [-0.15, -0.1) is 0 Å². The van der Waals surface area contributed by atoms with Crippen molar-refractivity contribution in [3.8, 4) is 5.75 Å². The molecule has 1 saturated carbocycles. The first-order valence-electron chi connectivity index (χ1n) is 7.95. The molecule has 2 aromatic rings. The zero-order valence-electron chi connectivity index (χ0n) is 13.9. The van der Waals surface area contributed by atoms with Crippen LogP contribution in [0, 0.1) is 11.3 Å². The molecule has 1 amide bonds. The van der Waals surface area contributed by atoms with Crippen molar-refractivity contribution in [1.82, 2.24) is 10.3 Å². The summed E-state index contributed by atoms with van der Waals surface area (Å²) in [7, 11) is 0. The fraction of sp³-hybridized carbons (Fsp3) is 0.278. The highest BCUT2D eigenvalue weighted by molar-refractivity contribution is 6.32. The zero-order chi connectivity index (χ0) is 18.8. The highest BCUT2D eigenvalue weighted by atomic mass is 35.5. The number of benzene rings is 1. The van der Waals surface area contributed by atoms with Crippen LogP contribution >= 0.6 is 11.6 Å². The summed E-state index contributed by atoms with van der Waals surface area (Å²) in [6.07, 6.45) is 5.03. The normalized spacial score (nSPS) is 14.6. The maximum absolute atomic E-state index is 12.4. The predicted octanol–water partition coefficient (Wildman–Crippen LogP) is 4.55. The Bertz CT molecular complexity index is 911. The summed E-state index contributed by atoms with van der Waals surface area (Å²) in [5, 5.41) is 11.1. The number of ether oxygens (including phenoxy) is 1. The average Bonchev–Trinajstić information content (AvgIpc) is 3.39. The minimum Gasteiger partial charge on any atom is -0.433 e. The molecule has 1 heterocycles. The number of fused-ring (bicyclic) bond motifs is 1. The number of carbonyl (C=O) groups excluding carboxylic acids is 1. The fourth-order valence-electron chi connectivity index (χ4n) is 2.47. The summed E-state index contributed by atoms with van der Waals surface area (Å²) in [4.78, 5) is 16.5. The molecular formula is C18H16ClF2N3O2. The van der Waals surface area contributed by atoms with Crippen molar-refractivity contribution >= 4 is 34.1 Å². The second-order valence-electron chi connectivity index (χ2n) is 6.09. The maximum Gasteiger partial charge on any atom is 0.387 e. The van der Waals surface area contributed by atoms with Gasteiger partial charge in [0.1, 0.15) is 5.75 Å². The summed E-state index contributed by atoms with van der Waals surface area (Å²) in [6, 6.07) is 4.28. The third-order valence-corrected chi connectivity index (χ3v) is 4.21. The lowest BCUT2D eigenvalue weighted by Gasteiger charge is -2.09. The molecule has 0 spiro atoms. The molecule has 8 heteroatoms. The first kappa shape index (κ1) is 18.3. The summed E-state index contributed by atoms with van der Waals surface area (Å²) in [5.41, 5.74) is 1.76. The van der Waals surface area contributed by atoms with Crippen LogP contribution in [0.15, 0.2) is 36.2 Å². The average molecular weight is 380 g/mol. The molecule has 2 N–H and O–H groups in total. The first-order chi connectivity index (χ1) is 12.3. The molecule has 1 aromatic carbocycles. The van der Waals surface area contributed by atoms with Gasteiger partial charge in [-0.1, -0.05) is 11.6 Å². The van der Waals surface area contributed by atoms with Crippen LogP contribution < -0.4 is 10.1 Å². The quantitative estimate of drug-likeness (QED) is 0.723. The first-order valence-corrected chi connectivity index (χ1v) is 8.33. The third kappa shape index (κ3) is 4.35. The van der Waals surface area contributed by atoms with Crippen LogP contribution in [-0.4, -0.2) is 23.2 Å². The molecule has 0 bridgehead atoms. The molecule has 1 aliphatic rings. The van der Waals surface area contributed by atoms with E-state index in [-0.39, 0.29) is 16.7 Å². The molecular weight excluding hydrogens is 364 g/mol. The number of carbonyl (C=O) groups is 1. The number of halogens is 3. The monoisotopic (exact) mass is 379 g/mol. The van der Waals surface area contributed by atoms with Gasteiger partial charge in [0.15, 0.2) is 0 Å². The number of rotatable bonds is 6. The van der Waals surface area contributed by atoms with Gasteiger partial charge in [-0.3, -0.25) is 9.78 Å². The van der Waals surface area contributed by atoms with Crippen molar-refractivity contribution < 1.29 is 18.3 Å². The number of allylic oxidation sites excluding steroid dienone is 2. The number of hydrogen-bond acceptors (Lipinski definition) is 4. The van der Waals surface area contributed by atoms with Gasteiger partial charge in [-0.2, -0.15) is 8.78 Å². The Morgan fingerprint density at radius 2 is 2.15 bits per heavy atom. The van der Waals surface area contributed by atoms with Gasteiger partial charge >= 0.3 is 6.61 Å².